The number of piperidine rings is 1. The number of hydrogen-bond donors (Lipinski definition) is 2. The van der Waals surface area contributed by atoms with Crippen LogP contribution in [0, 0.1) is 11.3 Å². The summed E-state index contributed by atoms with van der Waals surface area (Å²) in [5, 5.41) is 3.30. The Hall–Kier alpha value is -0.130. The maximum atomic E-state index is 11.7. The van der Waals surface area contributed by atoms with Crippen LogP contribution >= 0.6 is 0 Å². The molecule has 1 heterocycles. The predicted octanol–water partition coefficient (Wildman–Crippen LogP) is 0.705. The molecule has 94 valence electrons. The lowest BCUT2D eigenvalue weighted by molar-refractivity contribution is 0.232. The lowest BCUT2D eigenvalue weighted by Crippen LogP contribution is -2.43. The van der Waals surface area contributed by atoms with Gasteiger partial charge < -0.3 is 5.32 Å². The fourth-order valence-electron chi connectivity index (χ4n) is 2.15. The molecule has 16 heavy (non-hydrogen) atoms. The third-order valence-corrected chi connectivity index (χ3v) is 5.18. The van der Waals surface area contributed by atoms with E-state index < -0.39 is 10.0 Å². The largest absolute Gasteiger partial charge is 0.317 e. The monoisotopic (exact) mass is 246 g/mol. The first-order valence-electron chi connectivity index (χ1n) is 6.17. The molecule has 1 aliphatic carbocycles. The normalized spacial score (nSPS) is 25.6. The van der Waals surface area contributed by atoms with Crippen molar-refractivity contribution in [2.45, 2.75) is 32.6 Å². The summed E-state index contributed by atoms with van der Waals surface area (Å²) >= 11 is 0. The number of sulfonamides is 1. The van der Waals surface area contributed by atoms with Crippen LogP contribution < -0.4 is 10.0 Å². The highest BCUT2D eigenvalue weighted by atomic mass is 32.2. The molecule has 2 aliphatic rings. The van der Waals surface area contributed by atoms with Gasteiger partial charge in [0.25, 0.3) is 0 Å². The molecule has 0 spiro atoms. The van der Waals surface area contributed by atoms with Crippen molar-refractivity contribution in [2.24, 2.45) is 11.3 Å². The van der Waals surface area contributed by atoms with Crippen molar-refractivity contribution >= 4 is 10.0 Å². The van der Waals surface area contributed by atoms with Gasteiger partial charge >= 0.3 is 0 Å². The van der Waals surface area contributed by atoms with Crippen molar-refractivity contribution < 1.29 is 8.42 Å². The average molecular weight is 246 g/mol. The van der Waals surface area contributed by atoms with E-state index in [1.807, 2.05) is 0 Å². The first-order chi connectivity index (χ1) is 7.49. The van der Waals surface area contributed by atoms with Gasteiger partial charge in [-0.1, -0.05) is 6.92 Å². The van der Waals surface area contributed by atoms with E-state index in [1.165, 1.54) is 0 Å². The molecule has 0 aromatic rings. The summed E-state index contributed by atoms with van der Waals surface area (Å²) in [5.74, 6) is 0.764. The molecule has 2 fully saturated rings. The van der Waals surface area contributed by atoms with E-state index in [0.717, 1.165) is 38.8 Å². The van der Waals surface area contributed by atoms with Crippen molar-refractivity contribution in [3.63, 3.8) is 0 Å². The highest BCUT2D eigenvalue weighted by Crippen LogP contribution is 2.31. The zero-order valence-electron chi connectivity index (χ0n) is 9.96. The minimum Gasteiger partial charge on any atom is -0.317 e. The Morgan fingerprint density at radius 3 is 2.50 bits per heavy atom. The van der Waals surface area contributed by atoms with Crippen LogP contribution in [-0.2, 0) is 10.0 Å². The number of nitrogens with one attached hydrogen (secondary N) is 2. The van der Waals surface area contributed by atoms with E-state index in [1.54, 1.807) is 0 Å². The summed E-state index contributed by atoms with van der Waals surface area (Å²) in [6.45, 7) is 4.78. The fraction of sp³-hybridized carbons (Fsp3) is 1.00. The van der Waals surface area contributed by atoms with Gasteiger partial charge in [0, 0.05) is 6.54 Å². The van der Waals surface area contributed by atoms with Gasteiger partial charge in [0.05, 0.1) is 5.75 Å². The molecule has 1 saturated carbocycles. The molecule has 0 aromatic carbocycles. The SMILES string of the molecule is CC1(CNS(=O)(=O)CC2CC2)CCNCC1. The Morgan fingerprint density at radius 2 is 1.94 bits per heavy atom. The molecule has 5 heteroatoms. The summed E-state index contributed by atoms with van der Waals surface area (Å²) in [7, 11) is -3.03. The molecular weight excluding hydrogens is 224 g/mol. The van der Waals surface area contributed by atoms with E-state index in [2.05, 4.69) is 17.0 Å². The quantitative estimate of drug-likeness (QED) is 0.751. The maximum absolute atomic E-state index is 11.7. The fourth-order valence-corrected chi connectivity index (χ4v) is 3.79. The second-order valence-corrected chi connectivity index (χ2v) is 7.46. The van der Waals surface area contributed by atoms with E-state index in [0.29, 0.717) is 18.2 Å². The van der Waals surface area contributed by atoms with Crippen LogP contribution in [0.3, 0.4) is 0 Å². The van der Waals surface area contributed by atoms with Crippen molar-refractivity contribution in [2.75, 3.05) is 25.4 Å². The van der Waals surface area contributed by atoms with Gasteiger partial charge in [-0.2, -0.15) is 0 Å². The smallest absolute Gasteiger partial charge is 0.211 e. The second-order valence-electron chi connectivity index (χ2n) is 5.61. The van der Waals surface area contributed by atoms with E-state index in [4.69, 9.17) is 0 Å². The zero-order valence-corrected chi connectivity index (χ0v) is 10.8. The Balaban J connectivity index is 1.80. The first kappa shape index (κ1) is 12.3. The molecule has 2 rings (SSSR count). The molecule has 4 nitrogen and oxygen atoms in total. The van der Waals surface area contributed by atoms with Crippen LogP contribution in [-0.4, -0.2) is 33.8 Å². The second kappa shape index (κ2) is 4.63. The molecule has 1 saturated heterocycles. The molecule has 2 N–H and O–H groups in total. The van der Waals surface area contributed by atoms with Crippen molar-refractivity contribution in [3.05, 3.63) is 0 Å². The van der Waals surface area contributed by atoms with Gasteiger partial charge in [-0.3, -0.25) is 0 Å². The minimum atomic E-state index is -3.03. The summed E-state index contributed by atoms with van der Waals surface area (Å²) in [4.78, 5) is 0. The Morgan fingerprint density at radius 1 is 1.31 bits per heavy atom. The Labute approximate surface area is 98.2 Å². The van der Waals surface area contributed by atoms with Crippen LogP contribution in [0.4, 0.5) is 0 Å². The van der Waals surface area contributed by atoms with Gasteiger partial charge in [0.2, 0.25) is 10.0 Å². The van der Waals surface area contributed by atoms with Gasteiger partial charge in [0.1, 0.15) is 0 Å². The van der Waals surface area contributed by atoms with Crippen molar-refractivity contribution in [3.8, 4) is 0 Å². The van der Waals surface area contributed by atoms with Gasteiger partial charge in [-0.25, -0.2) is 13.1 Å². The highest BCUT2D eigenvalue weighted by Gasteiger charge is 2.31. The third-order valence-electron chi connectivity index (χ3n) is 3.68. The first-order valence-corrected chi connectivity index (χ1v) is 7.82. The van der Waals surface area contributed by atoms with Gasteiger partial charge in [-0.15, -0.1) is 0 Å². The molecule has 0 amide bonds. The van der Waals surface area contributed by atoms with Crippen LogP contribution in [0.25, 0.3) is 0 Å². The lowest BCUT2D eigenvalue weighted by atomic mass is 9.81. The van der Waals surface area contributed by atoms with Gasteiger partial charge in [0.15, 0.2) is 0 Å². The lowest BCUT2D eigenvalue weighted by Gasteiger charge is -2.34. The Kier molecular flexibility index (Phi) is 3.56. The molecule has 0 unspecified atom stereocenters. The zero-order chi connectivity index (χ0) is 11.6. The van der Waals surface area contributed by atoms with E-state index in [9.17, 15) is 8.42 Å². The van der Waals surface area contributed by atoms with Crippen LogP contribution in [0.1, 0.15) is 32.6 Å². The summed E-state index contributed by atoms with van der Waals surface area (Å²) in [6, 6.07) is 0. The van der Waals surface area contributed by atoms with E-state index in [-0.39, 0.29) is 5.41 Å². The molecule has 0 radical (unpaired) electrons. The summed E-state index contributed by atoms with van der Waals surface area (Å²) in [6.07, 6.45) is 4.28. The third kappa shape index (κ3) is 3.71. The molecular formula is C11H22N2O2S. The van der Waals surface area contributed by atoms with Crippen molar-refractivity contribution in [1.29, 1.82) is 0 Å². The van der Waals surface area contributed by atoms with Crippen LogP contribution in [0.2, 0.25) is 0 Å². The minimum absolute atomic E-state index is 0.141. The molecule has 0 atom stereocenters. The average Bonchev–Trinajstić information content (AvgIpc) is 3.00. The van der Waals surface area contributed by atoms with Crippen molar-refractivity contribution in [1.82, 2.24) is 10.0 Å². The van der Waals surface area contributed by atoms with E-state index >= 15 is 0 Å². The Bertz CT molecular complexity index is 330. The van der Waals surface area contributed by atoms with Gasteiger partial charge in [-0.05, 0) is 50.1 Å². The summed E-state index contributed by atoms with van der Waals surface area (Å²) in [5.41, 5.74) is 0.141. The van der Waals surface area contributed by atoms with Crippen LogP contribution in [0.5, 0.6) is 0 Å². The van der Waals surface area contributed by atoms with Crippen LogP contribution in [0.15, 0.2) is 0 Å². The molecule has 0 bridgehead atoms. The molecule has 1 aliphatic heterocycles. The maximum Gasteiger partial charge on any atom is 0.211 e. The standard InChI is InChI=1S/C11H22N2O2S/c1-11(4-6-12-7-5-11)9-13-16(14,15)8-10-2-3-10/h10,12-13H,2-9H2,1H3. The topological polar surface area (TPSA) is 58.2 Å². The number of rotatable bonds is 5. The highest BCUT2D eigenvalue weighted by molar-refractivity contribution is 7.89. The molecule has 0 aromatic heterocycles. The number of hydrogen-bond acceptors (Lipinski definition) is 3. The summed E-state index contributed by atoms with van der Waals surface area (Å²) < 4.78 is 26.3. The predicted molar refractivity (Wildman–Crippen MR) is 64.7 cm³/mol.